The van der Waals surface area contributed by atoms with Crippen molar-refractivity contribution in [1.29, 1.82) is 0 Å². The van der Waals surface area contributed by atoms with Crippen molar-refractivity contribution in [3.05, 3.63) is 94.1 Å². The Bertz CT molecular complexity index is 814. The molecule has 0 atom stereocenters. The molecule has 0 aliphatic heterocycles. The van der Waals surface area contributed by atoms with Crippen LogP contribution in [0.3, 0.4) is 0 Å². The van der Waals surface area contributed by atoms with Crippen molar-refractivity contribution in [3.8, 4) is 0 Å². The standard InChI is InChI=1S/C26H26/c1-3-11-19(12-4-1)23-24(20-13-5-2-6-14-20)26(22-17-9-10-18-22)25(23)21-15-7-8-16-21/h1-6,11-14H,7-10,15-18H2. The van der Waals surface area contributed by atoms with Gasteiger partial charge in [0, 0.05) is 0 Å². The van der Waals surface area contributed by atoms with Gasteiger partial charge in [0.25, 0.3) is 0 Å². The van der Waals surface area contributed by atoms with Crippen LogP contribution in [-0.4, -0.2) is 0 Å². The van der Waals surface area contributed by atoms with Crippen LogP contribution in [0.2, 0.25) is 0 Å². The molecular formula is C26H26. The van der Waals surface area contributed by atoms with E-state index in [1.54, 1.807) is 22.3 Å². The first-order valence-electron chi connectivity index (χ1n) is 10.2. The van der Waals surface area contributed by atoms with Crippen molar-refractivity contribution in [2.45, 2.75) is 51.4 Å². The lowest BCUT2D eigenvalue weighted by Gasteiger charge is -2.35. The Kier molecular flexibility index (Phi) is 4.13. The van der Waals surface area contributed by atoms with Gasteiger partial charge in [-0.05, 0) is 84.8 Å². The van der Waals surface area contributed by atoms with Gasteiger partial charge in [-0.15, -0.1) is 0 Å². The van der Waals surface area contributed by atoms with E-state index >= 15 is 0 Å². The molecule has 0 heteroatoms. The molecule has 0 amide bonds. The number of hydrogen-bond acceptors (Lipinski definition) is 0. The van der Waals surface area contributed by atoms with Crippen molar-refractivity contribution in [2.24, 2.45) is 0 Å². The summed E-state index contributed by atoms with van der Waals surface area (Å²) in [6, 6.07) is 22.2. The van der Waals surface area contributed by atoms with Gasteiger partial charge in [0.05, 0.1) is 0 Å². The molecule has 0 nitrogen and oxygen atoms in total. The normalized spacial score (nSPS) is 20.2. The van der Waals surface area contributed by atoms with Crippen molar-refractivity contribution in [1.82, 2.24) is 0 Å². The molecule has 5 rings (SSSR count). The van der Waals surface area contributed by atoms with Crippen LogP contribution in [0.25, 0.3) is 11.1 Å². The molecule has 26 heavy (non-hydrogen) atoms. The molecule has 2 aromatic carbocycles. The van der Waals surface area contributed by atoms with Crippen LogP contribution in [0, 0.1) is 0 Å². The minimum absolute atomic E-state index is 1.30. The zero-order valence-corrected chi connectivity index (χ0v) is 15.4. The Labute approximate surface area is 157 Å². The molecular weight excluding hydrogens is 312 g/mol. The summed E-state index contributed by atoms with van der Waals surface area (Å²) >= 11 is 0. The maximum absolute atomic E-state index is 2.30. The van der Waals surface area contributed by atoms with Crippen molar-refractivity contribution in [3.63, 3.8) is 0 Å². The second kappa shape index (κ2) is 6.76. The minimum atomic E-state index is 1.30. The Balaban J connectivity index is 1.80. The van der Waals surface area contributed by atoms with E-state index in [-0.39, 0.29) is 0 Å². The molecule has 0 spiro atoms. The van der Waals surface area contributed by atoms with E-state index in [2.05, 4.69) is 60.7 Å². The van der Waals surface area contributed by atoms with Crippen LogP contribution in [0.4, 0.5) is 0 Å². The van der Waals surface area contributed by atoms with E-state index in [0.29, 0.717) is 0 Å². The second-order valence-electron chi connectivity index (χ2n) is 7.85. The highest BCUT2D eigenvalue weighted by Crippen LogP contribution is 2.57. The van der Waals surface area contributed by atoms with Crippen LogP contribution in [0.15, 0.2) is 83.0 Å². The van der Waals surface area contributed by atoms with Gasteiger partial charge in [-0.3, -0.25) is 0 Å². The summed E-state index contributed by atoms with van der Waals surface area (Å²) < 4.78 is 0. The zero-order chi connectivity index (χ0) is 17.3. The van der Waals surface area contributed by atoms with Gasteiger partial charge >= 0.3 is 0 Å². The summed E-state index contributed by atoms with van der Waals surface area (Å²) in [7, 11) is 0. The Morgan fingerprint density at radius 2 is 0.731 bits per heavy atom. The van der Waals surface area contributed by atoms with Crippen LogP contribution < -0.4 is 0 Å². The fraction of sp³-hybridized carbons (Fsp3) is 0.308. The number of allylic oxidation sites excluding steroid dienone is 6. The predicted molar refractivity (Wildman–Crippen MR) is 111 cm³/mol. The van der Waals surface area contributed by atoms with E-state index in [1.807, 2.05) is 0 Å². The molecule has 3 aliphatic rings. The smallest absolute Gasteiger partial charge is 0.00208 e. The van der Waals surface area contributed by atoms with Crippen molar-refractivity contribution < 1.29 is 0 Å². The topological polar surface area (TPSA) is 0 Å². The van der Waals surface area contributed by atoms with Gasteiger partial charge in [-0.1, -0.05) is 71.8 Å². The summed E-state index contributed by atoms with van der Waals surface area (Å²) in [5, 5.41) is 0. The fourth-order valence-electron chi connectivity index (χ4n) is 5.04. The maximum atomic E-state index is 2.30. The molecule has 0 bridgehead atoms. The van der Waals surface area contributed by atoms with E-state index in [0.717, 1.165) is 0 Å². The van der Waals surface area contributed by atoms with Crippen LogP contribution in [0.5, 0.6) is 0 Å². The van der Waals surface area contributed by atoms with E-state index in [4.69, 9.17) is 0 Å². The molecule has 0 unspecified atom stereocenters. The Morgan fingerprint density at radius 1 is 0.385 bits per heavy atom. The van der Waals surface area contributed by atoms with Gasteiger partial charge in [0.15, 0.2) is 0 Å². The Morgan fingerprint density at radius 3 is 1.08 bits per heavy atom. The lowest BCUT2D eigenvalue weighted by molar-refractivity contribution is 0.886. The number of rotatable bonds is 2. The van der Waals surface area contributed by atoms with Crippen LogP contribution in [-0.2, 0) is 0 Å². The highest BCUT2D eigenvalue weighted by molar-refractivity contribution is 6.19. The quantitative estimate of drug-likeness (QED) is 0.537. The first-order chi connectivity index (χ1) is 12.9. The first-order valence-corrected chi connectivity index (χ1v) is 10.2. The van der Waals surface area contributed by atoms with Crippen molar-refractivity contribution in [2.75, 3.05) is 0 Å². The molecule has 2 aromatic rings. The molecule has 0 saturated heterocycles. The van der Waals surface area contributed by atoms with E-state index in [9.17, 15) is 0 Å². The molecule has 130 valence electrons. The molecule has 0 heterocycles. The maximum Gasteiger partial charge on any atom is -0.00208 e. The number of hydrogen-bond donors (Lipinski definition) is 0. The first kappa shape index (κ1) is 15.9. The van der Waals surface area contributed by atoms with Gasteiger partial charge in [-0.25, -0.2) is 0 Å². The third-order valence-corrected chi connectivity index (χ3v) is 6.25. The third kappa shape index (κ3) is 2.60. The molecule has 2 fully saturated rings. The monoisotopic (exact) mass is 338 g/mol. The summed E-state index contributed by atoms with van der Waals surface area (Å²) in [4.78, 5) is 0. The summed E-state index contributed by atoms with van der Waals surface area (Å²) in [5.41, 5.74) is 12.5. The molecule has 3 aliphatic carbocycles. The SMILES string of the molecule is c1ccc(C2=C(c3ccccc3)C(=C3CCCC3)C2=C2CCCC2)cc1. The average molecular weight is 338 g/mol. The third-order valence-electron chi connectivity index (χ3n) is 6.25. The second-order valence-corrected chi connectivity index (χ2v) is 7.85. The van der Waals surface area contributed by atoms with Gasteiger partial charge in [-0.2, -0.15) is 0 Å². The van der Waals surface area contributed by atoms with Gasteiger partial charge in [0.2, 0.25) is 0 Å². The van der Waals surface area contributed by atoms with Crippen LogP contribution in [0.1, 0.15) is 62.5 Å². The fourth-order valence-corrected chi connectivity index (χ4v) is 5.04. The highest BCUT2D eigenvalue weighted by Gasteiger charge is 2.36. The lowest BCUT2D eigenvalue weighted by Crippen LogP contribution is -2.15. The largest absolute Gasteiger partial charge is 0.0622 e. The molecule has 0 radical (unpaired) electrons. The predicted octanol–water partition coefficient (Wildman–Crippen LogP) is 7.35. The molecule has 0 N–H and O–H groups in total. The average Bonchev–Trinajstić information content (AvgIpc) is 3.37. The lowest BCUT2D eigenvalue weighted by atomic mass is 9.67. The summed E-state index contributed by atoms with van der Waals surface area (Å²) in [6.07, 6.45) is 10.6. The number of benzene rings is 2. The van der Waals surface area contributed by atoms with E-state index in [1.165, 1.54) is 73.6 Å². The van der Waals surface area contributed by atoms with Crippen molar-refractivity contribution >= 4 is 11.1 Å². The van der Waals surface area contributed by atoms with E-state index < -0.39 is 0 Å². The van der Waals surface area contributed by atoms with Crippen LogP contribution >= 0.6 is 0 Å². The molecule has 0 aromatic heterocycles. The summed E-state index contributed by atoms with van der Waals surface area (Å²) in [6.45, 7) is 0. The zero-order valence-electron chi connectivity index (χ0n) is 15.4. The summed E-state index contributed by atoms with van der Waals surface area (Å²) in [5.74, 6) is 0. The van der Waals surface area contributed by atoms with Gasteiger partial charge in [0.1, 0.15) is 0 Å². The molecule has 2 saturated carbocycles. The Hall–Kier alpha value is -2.34. The van der Waals surface area contributed by atoms with Gasteiger partial charge < -0.3 is 0 Å². The highest BCUT2D eigenvalue weighted by atomic mass is 14.4. The minimum Gasteiger partial charge on any atom is -0.0622 e.